The quantitative estimate of drug-likeness (QED) is 0.704. The molecule has 2 heterocycles. The monoisotopic (exact) mass is 227 g/mol. The minimum absolute atomic E-state index is 0.436. The summed E-state index contributed by atoms with van der Waals surface area (Å²) in [6.07, 6.45) is 2.65. The van der Waals surface area contributed by atoms with E-state index in [-0.39, 0.29) is 0 Å². The number of aromatic nitrogens is 4. The van der Waals surface area contributed by atoms with Gasteiger partial charge in [-0.3, -0.25) is 5.10 Å². The first-order chi connectivity index (χ1) is 8.35. The third kappa shape index (κ3) is 1.92. The van der Waals surface area contributed by atoms with Crippen LogP contribution in [0.25, 0.3) is 5.78 Å². The second-order valence-electron chi connectivity index (χ2n) is 3.94. The zero-order chi connectivity index (χ0) is 11.7. The predicted molar refractivity (Wildman–Crippen MR) is 64.5 cm³/mol. The Morgan fingerprint density at radius 1 is 1.18 bits per heavy atom. The second kappa shape index (κ2) is 4.03. The molecule has 0 aliphatic heterocycles. The number of fused-ring (bicyclic) bond motifs is 1. The van der Waals surface area contributed by atoms with Crippen LogP contribution in [0.2, 0.25) is 0 Å². The normalized spacial score (nSPS) is 11.1. The highest BCUT2D eigenvalue weighted by molar-refractivity contribution is 5.31. The molecule has 0 unspecified atom stereocenters. The fourth-order valence-corrected chi connectivity index (χ4v) is 1.83. The lowest BCUT2D eigenvalue weighted by Crippen LogP contribution is -1.97. The molecule has 0 atom stereocenters. The van der Waals surface area contributed by atoms with Gasteiger partial charge in [0, 0.05) is 13.0 Å². The zero-order valence-electron chi connectivity index (χ0n) is 9.30. The SMILES string of the molecule is NCc1cn2[nH]c(Cc3ccccc3)nc2n1. The molecule has 1 aromatic carbocycles. The molecule has 17 heavy (non-hydrogen) atoms. The number of H-pyrrole nitrogens is 1. The van der Waals surface area contributed by atoms with Gasteiger partial charge < -0.3 is 5.73 Å². The van der Waals surface area contributed by atoms with E-state index in [4.69, 9.17) is 5.73 Å². The number of nitrogens with one attached hydrogen (secondary N) is 1. The average Bonchev–Trinajstić information content (AvgIpc) is 2.87. The van der Waals surface area contributed by atoms with Crippen molar-refractivity contribution in [2.45, 2.75) is 13.0 Å². The van der Waals surface area contributed by atoms with Crippen LogP contribution in [0.4, 0.5) is 0 Å². The van der Waals surface area contributed by atoms with E-state index in [1.807, 2.05) is 24.4 Å². The number of nitrogens with zero attached hydrogens (tertiary/aromatic N) is 3. The van der Waals surface area contributed by atoms with Crippen LogP contribution in [-0.4, -0.2) is 19.6 Å². The fraction of sp³-hybridized carbons (Fsp3) is 0.167. The predicted octanol–water partition coefficient (Wildman–Crippen LogP) is 1.11. The van der Waals surface area contributed by atoms with Crippen molar-refractivity contribution in [3.8, 4) is 0 Å². The van der Waals surface area contributed by atoms with Crippen molar-refractivity contribution in [1.82, 2.24) is 19.6 Å². The molecule has 3 N–H and O–H groups in total. The molecule has 0 aliphatic carbocycles. The summed E-state index contributed by atoms with van der Waals surface area (Å²) < 4.78 is 1.81. The lowest BCUT2D eigenvalue weighted by Gasteiger charge is -1.96. The molecular formula is C12H13N5. The van der Waals surface area contributed by atoms with Gasteiger partial charge in [0.15, 0.2) is 0 Å². The second-order valence-corrected chi connectivity index (χ2v) is 3.94. The molecule has 0 bridgehead atoms. The number of imidazole rings is 1. The van der Waals surface area contributed by atoms with Crippen LogP contribution in [0, 0.1) is 0 Å². The standard InChI is InChI=1S/C12H13N5/c13-7-10-8-17-12(14-10)15-11(16-17)6-9-4-2-1-3-5-9/h1-5,8H,6-7,13H2,(H,14,15,16). The molecule has 5 nitrogen and oxygen atoms in total. The average molecular weight is 227 g/mol. The molecule has 2 aromatic heterocycles. The molecule has 0 radical (unpaired) electrons. The molecule has 0 aliphatic rings. The van der Waals surface area contributed by atoms with Gasteiger partial charge in [-0.15, -0.1) is 0 Å². The van der Waals surface area contributed by atoms with Crippen LogP contribution < -0.4 is 5.73 Å². The minimum Gasteiger partial charge on any atom is -0.325 e. The zero-order valence-corrected chi connectivity index (χ0v) is 9.30. The van der Waals surface area contributed by atoms with Crippen LogP contribution >= 0.6 is 0 Å². The highest BCUT2D eigenvalue weighted by Crippen LogP contribution is 2.07. The maximum Gasteiger partial charge on any atom is 0.250 e. The summed E-state index contributed by atoms with van der Waals surface area (Å²) in [4.78, 5) is 8.71. The van der Waals surface area contributed by atoms with Gasteiger partial charge in [-0.25, -0.2) is 9.50 Å². The van der Waals surface area contributed by atoms with E-state index in [1.54, 1.807) is 4.52 Å². The van der Waals surface area contributed by atoms with E-state index >= 15 is 0 Å². The maximum absolute atomic E-state index is 5.52. The largest absolute Gasteiger partial charge is 0.325 e. The Kier molecular flexibility index (Phi) is 2.38. The summed E-state index contributed by atoms with van der Waals surface area (Å²) in [5.74, 6) is 1.58. The summed E-state index contributed by atoms with van der Waals surface area (Å²) in [6, 6.07) is 10.2. The summed E-state index contributed by atoms with van der Waals surface area (Å²) in [5, 5.41) is 3.19. The first-order valence-corrected chi connectivity index (χ1v) is 5.52. The number of hydrogen-bond donors (Lipinski definition) is 2. The Bertz CT molecular complexity index is 591. The van der Waals surface area contributed by atoms with E-state index < -0.39 is 0 Å². The van der Waals surface area contributed by atoms with Crippen molar-refractivity contribution in [2.75, 3.05) is 0 Å². The smallest absolute Gasteiger partial charge is 0.250 e. The molecule has 5 heteroatoms. The molecule has 0 spiro atoms. The fourth-order valence-electron chi connectivity index (χ4n) is 1.83. The van der Waals surface area contributed by atoms with Crippen LogP contribution in [0.3, 0.4) is 0 Å². The van der Waals surface area contributed by atoms with Crippen molar-refractivity contribution in [2.24, 2.45) is 5.73 Å². The van der Waals surface area contributed by atoms with E-state index in [9.17, 15) is 0 Å². The third-order valence-electron chi connectivity index (χ3n) is 2.65. The van der Waals surface area contributed by atoms with E-state index in [1.165, 1.54) is 5.56 Å². The Morgan fingerprint density at radius 3 is 2.71 bits per heavy atom. The number of benzene rings is 1. The number of hydrogen-bond acceptors (Lipinski definition) is 3. The minimum atomic E-state index is 0.436. The molecule has 0 amide bonds. The van der Waals surface area contributed by atoms with Gasteiger partial charge in [0.1, 0.15) is 5.82 Å². The summed E-state index contributed by atoms with van der Waals surface area (Å²) in [7, 11) is 0. The van der Waals surface area contributed by atoms with Gasteiger partial charge in [-0.05, 0) is 5.56 Å². The van der Waals surface area contributed by atoms with Crippen molar-refractivity contribution in [1.29, 1.82) is 0 Å². The molecule has 0 saturated carbocycles. The topological polar surface area (TPSA) is 72.0 Å². The van der Waals surface area contributed by atoms with Crippen molar-refractivity contribution < 1.29 is 0 Å². The molecule has 86 valence electrons. The summed E-state index contributed by atoms with van der Waals surface area (Å²) >= 11 is 0. The molecule has 0 saturated heterocycles. The van der Waals surface area contributed by atoms with E-state index in [0.29, 0.717) is 12.3 Å². The van der Waals surface area contributed by atoms with Gasteiger partial charge >= 0.3 is 0 Å². The first-order valence-electron chi connectivity index (χ1n) is 5.52. The molecule has 3 rings (SSSR count). The van der Waals surface area contributed by atoms with Gasteiger partial charge in [-0.1, -0.05) is 30.3 Å². The molecule has 0 fully saturated rings. The van der Waals surface area contributed by atoms with Gasteiger partial charge in [0.05, 0.1) is 11.9 Å². The Morgan fingerprint density at radius 2 is 2.00 bits per heavy atom. The number of rotatable bonds is 3. The van der Waals surface area contributed by atoms with Crippen LogP contribution in [0.1, 0.15) is 17.1 Å². The molecule has 3 aromatic rings. The van der Waals surface area contributed by atoms with E-state index in [0.717, 1.165) is 17.9 Å². The van der Waals surface area contributed by atoms with E-state index in [2.05, 4.69) is 27.2 Å². The lowest BCUT2D eigenvalue weighted by atomic mass is 10.1. The van der Waals surface area contributed by atoms with Gasteiger partial charge in [-0.2, -0.15) is 4.98 Å². The Balaban J connectivity index is 1.89. The highest BCUT2D eigenvalue weighted by Gasteiger charge is 2.06. The van der Waals surface area contributed by atoms with Crippen molar-refractivity contribution in [3.63, 3.8) is 0 Å². The third-order valence-corrected chi connectivity index (χ3v) is 2.65. The van der Waals surface area contributed by atoms with Crippen molar-refractivity contribution >= 4 is 5.78 Å². The Hall–Kier alpha value is -2.14. The maximum atomic E-state index is 5.52. The first kappa shape index (κ1) is 10.0. The van der Waals surface area contributed by atoms with Gasteiger partial charge in [0.25, 0.3) is 5.78 Å². The van der Waals surface area contributed by atoms with Crippen LogP contribution in [0.15, 0.2) is 36.5 Å². The lowest BCUT2D eigenvalue weighted by molar-refractivity contribution is 0.896. The van der Waals surface area contributed by atoms with Crippen molar-refractivity contribution in [3.05, 3.63) is 53.6 Å². The molecular weight excluding hydrogens is 214 g/mol. The number of nitrogens with two attached hydrogens (primary N) is 1. The van der Waals surface area contributed by atoms with Crippen LogP contribution in [-0.2, 0) is 13.0 Å². The Labute approximate surface area is 98.3 Å². The van der Waals surface area contributed by atoms with Gasteiger partial charge in [0.2, 0.25) is 0 Å². The summed E-state index contributed by atoms with van der Waals surface area (Å²) in [6.45, 7) is 0.436. The highest BCUT2D eigenvalue weighted by atomic mass is 15.3. The van der Waals surface area contributed by atoms with Crippen LogP contribution in [0.5, 0.6) is 0 Å². The summed E-state index contributed by atoms with van der Waals surface area (Å²) in [5.41, 5.74) is 7.59. The number of aromatic amines is 1.